The number of hydrogen-bond donors (Lipinski definition) is 1. The zero-order chi connectivity index (χ0) is 13.7. The number of ether oxygens (including phenoxy) is 1. The molecular weight excluding hydrogens is 242 g/mol. The first-order chi connectivity index (χ1) is 9.19. The van der Waals surface area contributed by atoms with Crippen LogP contribution < -0.4 is 10.5 Å². The van der Waals surface area contributed by atoms with Crippen LogP contribution in [0, 0.1) is 6.92 Å². The Labute approximate surface area is 111 Å². The van der Waals surface area contributed by atoms with Crippen LogP contribution in [0.15, 0.2) is 30.5 Å². The Kier molecular flexibility index (Phi) is 4.07. The standard InChI is InChI=1S/C14H15N3O2/c1-10-3-2-4-12(7-10)19-6-5-13-16-8-11(9-18)14(15)17-13/h2-4,7-9H,5-6H2,1H3,(H2,15,16,17). The topological polar surface area (TPSA) is 78.1 Å². The maximum absolute atomic E-state index is 10.6. The lowest BCUT2D eigenvalue weighted by Gasteiger charge is -2.06. The number of aldehydes is 1. The number of carbonyl (C=O) groups is 1. The molecule has 5 heteroatoms. The predicted octanol–water partition coefficient (Wildman–Crippen LogP) is 1.80. The molecule has 0 spiro atoms. The van der Waals surface area contributed by atoms with Crippen LogP contribution in [0.25, 0.3) is 0 Å². The Morgan fingerprint density at radius 2 is 2.26 bits per heavy atom. The third-order valence-corrected chi connectivity index (χ3v) is 2.61. The molecule has 19 heavy (non-hydrogen) atoms. The minimum atomic E-state index is 0.204. The predicted molar refractivity (Wildman–Crippen MR) is 72.2 cm³/mol. The molecule has 0 aliphatic carbocycles. The second-order valence-corrected chi connectivity index (χ2v) is 4.16. The maximum atomic E-state index is 10.6. The van der Waals surface area contributed by atoms with E-state index in [0.29, 0.717) is 30.7 Å². The summed E-state index contributed by atoms with van der Waals surface area (Å²) in [6, 6.07) is 7.81. The summed E-state index contributed by atoms with van der Waals surface area (Å²) in [4.78, 5) is 18.7. The Morgan fingerprint density at radius 1 is 1.42 bits per heavy atom. The van der Waals surface area contributed by atoms with E-state index in [1.54, 1.807) is 0 Å². The molecule has 0 atom stereocenters. The molecule has 5 nitrogen and oxygen atoms in total. The van der Waals surface area contributed by atoms with Gasteiger partial charge in [-0.3, -0.25) is 4.79 Å². The number of nitrogens with zero attached hydrogens (tertiary/aromatic N) is 2. The lowest BCUT2D eigenvalue weighted by atomic mass is 10.2. The average Bonchev–Trinajstić information content (AvgIpc) is 2.39. The summed E-state index contributed by atoms with van der Waals surface area (Å²) in [5.74, 6) is 1.59. The molecule has 2 N–H and O–H groups in total. The molecule has 2 rings (SSSR count). The fraction of sp³-hybridized carbons (Fsp3) is 0.214. The van der Waals surface area contributed by atoms with Crippen molar-refractivity contribution < 1.29 is 9.53 Å². The molecule has 1 aromatic carbocycles. The van der Waals surface area contributed by atoms with Crippen LogP contribution in [0.4, 0.5) is 5.82 Å². The fourth-order valence-corrected chi connectivity index (χ4v) is 1.62. The van der Waals surface area contributed by atoms with E-state index in [2.05, 4.69) is 9.97 Å². The van der Waals surface area contributed by atoms with Gasteiger partial charge < -0.3 is 10.5 Å². The zero-order valence-corrected chi connectivity index (χ0v) is 10.7. The van der Waals surface area contributed by atoms with E-state index in [0.717, 1.165) is 11.3 Å². The summed E-state index contributed by atoms with van der Waals surface area (Å²) in [6.07, 6.45) is 2.61. The van der Waals surface area contributed by atoms with Gasteiger partial charge in [0.25, 0.3) is 0 Å². The second-order valence-electron chi connectivity index (χ2n) is 4.16. The first-order valence-electron chi connectivity index (χ1n) is 5.95. The van der Waals surface area contributed by atoms with Crippen LogP contribution in [-0.2, 0) is 6.42 Å². The molecule has 98 valence electrons. The molecule has 1 heterocycles. The van der Waals surface area contributed by atoms with E-state index in [9.17, 15) is 4.79 Å². The summed E-state index contributed by atoms with van der Waals surface area (Å²) >= 11 is 0. The third kappa shape index (κ3) is 3.51. The number of benzene rings is 1. The molecule has 2 aromatic rings. The van der Waals surface area contributed by atoms with Crippen LogP contribution in [0.1, 0.15) is 21.7 Å². The molecule has 0 unspecified atom stereocenters. The summed E-state index contributed by atoms with van der Waals surface area (Å²) in [5, 5.41) is 0. The van der Waals surface area contributed by atoms with Gasteiger partial charge in [-0.1, -0.05) is 12.1 Å². The highest BCUT2D eigenvalue weighted by atomic mass is 16.5. The van der Waals surface area contributed by atoms with E-state index in [1.807, 2.05) is 31.2 Å². The van der Waals surface area contributed by atoms with Crippen LogP contribution in [0.2, 0.25) is 0 Å². The first-order valence-corrected chi connectivity index (χ1v) is 5.95. The monoisotopic (exact) mass is 257 g/mol. The molecule has 1 aromatic heterocycles. The second kappa shape index (κ2) is 5.95. The van der Waals surface area contributed by atoms with Crippen molar-refractivity contribution >= 4 is 12.1 Å². The van der Waals surface area contributed by atoms with Gasteiger partial charge in [0.2, 0.25) is 0 Å². The molecule has 0 aliphatic heterocycles. The van der Waals surface area contributed by atoms with Crippen molar-refractivity contribution in [2.75, 3.05) is 12.3 Å². The van der Waals surface area contributed by atoms with Gasteiger partial charge in [0, 0.05) is 12.6 Å². The number of aromatic nitrogens is 2. The minimum Gasteiger partial charge on any atom is -0.493 e. The number of hydrogen-bond acceptors (Lipinski definition) is 5. The first kappa shape index (κ1) is 13.0. The molecule has 0 fully saturated rings. The Hall–Kier alpha value is -2.43. The quantitative estimate of drug-likeness (QED) is 0.826. The largest absolute Gasteiger partial charge is 0.493 e. The Bertz CT molecular complexity index is 585. The number of rotatable bonds is 5. The summed E-state index contributed by atoms with van der Waals surface area (Å²) in [6.45, 7) is 2.47. The van der Waals surface area contributed by atoms with Crippen molar-refractivity contribution in [3.05, 3.63) is 47.4 Å². The van der Waals surface area contributed by atoms with Crippen molar-refractivity contribution in [3.8, 4) is 5.75 Å². The fourth-order valence-electron chi connectivity index (χ4n) is 1.62. The number of anilines is 1. The highest BCUT2D eigenvalue weighted by Crippen LogP contribution is 2.12. The number of nitrogen functional groups attached to an aromatic ring is 1. The van der Waals surface area contributed by atoms with Crippen LogP contribution in [-0.4, -0.2) is 22.9 Å². The molecular formula is C14H15N3O2. The molecule has 0 bridgehead atoms. The van der Waals surface area contributed by atoms with E-state index < -0.39 is 0 Å². The molecule has 0 saturated carbocycles. The van der Waals surface area contributed by atoms with Crippen molar-refractivity contribution in [1.82, 2.24) is 9.97 Å². The summed E-state index contributed by atoms with van der Waals surface area (Å²) in [7, 11) is 0. The van der Waals surface area contributed by atoms with Gasteiger partial charge in [-0.05, 0) is 24.6 Å². The Morgan fingerprint density at radius 3 is 2.95 bits per heavy atom. The lowest BCUT2D eigenvalue weighted by Crippen LogP contribution is -2.08. The number of aryl methyl sites for hydroxylation is 1. The van der Waals surface area contributed by atoms with Gasteiger partial charge in [-0.15, -0.1) is 0 Å². The number of carbonyl (C=O) groups excluding carboxylic acids is 1. The van der Waals surface area contributed by atoms with Gasteiger partial charge in [0.05, 0.1) is 12.2 Å². The maximum Gasteiger partial charge on any atom is 0.155 e. The summed E-state index contributed by atoms with van der Waals surface area (Å²) < 4.78 is 5.60. The van der Waals surface area contributed by atoms with Crippen molar-refractivity contribution in [3.63, 3.8) is 0 Å². The molecule has 0 saturated heterocycles. The molecule has 0 radical (unpaired) electrons. The molecule has 0 aliphatic rings. The summed E-state index contributed by atoms with van der Waals surface area (Å²) in [5.41, 5.74) is 7.07. The minimum absolute atomic E-state index is 0.204. The zero-order valence-electron chi connectivity index (χ0n) is 10.7. The SMILES string of the molecule is Cc1cccc(OCCc2ncc(C=O)c(N)n2)c1. The van der Waals surface area contributed by atoms with Crippen LogP contribution in [0.5, 0.6) is 5.75 Å². The van der Waals surface area contributed by atoms with Crippen molar-refractivity contribution in [2.45, 2.75) is 13.3 Å². The van der Waals surface area contributed by atoms with Crippen LogP contribution >= 0.6 is 0 Å². The normalized spacial score (nSPS) is 10.2. The smallest absolute Gasteiger partial charge is 0.155 e. The van der Waals surface area contributed by atoms with E-state index in [-0.39, 0.29) is 5.82 Å². The average molecular weight is 257 g/mol. The van der Waals surface area contributed by atoms with Crippen LogP contribution in [0.3, 0.4) is 0 Å². The van der Waals surface area contributed by atoms with Gasteiger partial charge >= 0.3 is 0 Å². The van der Waals surface area contributed by atoms with Gasteiger partial charge in [-0.25, -0.2) is 9.97 Å². The van der Waals surface area contributed by atoms with Crippen molar-refractivity contribution in [2.24, 2.45) is 0 Å². The third-order valence-electron chi connectivity index (χ3n) is 2.61. The highest BCUT2D eigenvalue weighted by molar-refractivity contribution is 5.80. The van der Waals surface area contributed by atoms with E-state index in [1.165, 1.54) is 6.20 Å². The number of nitrogens with two attached hydrogens (primary N) is 1. The van der Waals surface area contributed by atoms with Crippen molar-refractivity contribution in [1.29, 1.82) is 0 Å². The molecule has 0 amide bonds. The van der Waals surface area contributed by atoms with Gasteiger partial charge in [0.15, 0.2) is 6.29 Å². The Balaban J connectivity index is 1.92. The van der Waals surface area contributed by atoms with E-state index >= 15 is 0 Å². The van der Waals surface area contributed by atoms with Gasteiger partial charge in [0.1, 0.15) is 17.4 Å². The highest BCUT2D eigenvalue weighted by Gasteiger charge is 2.03. The lowest BCUT2D eigenvalue weighted by molar-refractivity contribution is 0.112. The van der Waals surface area contributed by atoms with Gasteiger partial charge in [-0.2, -0.15) is 0 Å². The van der Waals surface area contributed by atoms with E-state index in [4.69, 9.17) is 10.5 Å².